The molecule has 2 aliphatic heterocycles. The average molecular weight is 349 g/mol. The first-order valence-electron chi connectivity index (χ1n) is 9.80. The molecule has 2 rings (SSSR count). The second kappa shape index (κ2) is 10.7. The van der Waals surface area contributed by atoms with Gasteiger partial charge in [0.15, 0.2) is 0 Å². The maximum atomic E-state index is 5.92. The lowest BCUT2D eigenvalue weighted by atomic mass is 9.97. The Morgan fingerprint density at radius 3 is 2.72 bits per heavy atom. The number of unbranched alkanes of at least 4 members (excludes halogenated alkanes) is 1. The van der Waals surface area contributed by atoms with Crippen LogP contribution in [0.5, 0.6) is 0 Å². The summed E-state index contributed by atoms with van der Waals surface area (Å²) in [6.07, 6.45) is 9.46. The van der Waals surface area contributed by atoms with Gasteiger partial charge in [-0.1, -0.05) is 5.57 Å². The number of ether oxygens (including phenoxy) is 2. The number of hydrogen-bond acceptors (Lipinski definition) is 4. The lowest BCUT2D eigenvalue weighted by Crippen LogP contribution is -2.21. The van der Waals surface area contributed by atoms with Gasteiger partial charge in [-0.3, -0.25) is 0 Å². The molecule has 1 unspecified atom stereocenters. The molecule has 4 heteroatoms. The summed E-state index contributed by atoms with van der Waals surface area (Å²) in [6.45, 7) is 10.6. The van der Waals surface area contributed by atoms with Crippen molar-refractivity contribution in [3.8, 4) is 0 Å². The van der Waals surface area contributed by atoms with E-state index in [1.165, 1.54) is 28.8 Å². The van der Waals surface area contributed by atoms with E-state index < -0.39 is 0 Å². The molecule has 0 aromatic carbocycles. The van der Waals surface area contributed by atoms with Crippen LogP contribution in [0.2, 0.25) is 0 Å². The highest BCUT2D eigenvalue weighted by Gasteiger charge is 2.15. The highest BCUT2D eigenvalue weighted by molar-refractivity contribution is 5.38. The lowest BCUT2D eigenvalue weighted by molar-refractivity contribution is 0.0645. The fraction of sp³-hybridized carbons (Fsp3) is 0.714. The molecular weight excluding hydrogens is 312 g/mol. The molecule has 1 saturated heterocycles. The SMILES string of the molecule is CO/C(=C/C(CCCCOC1CCNC1)=C(C)C)C1=C(C)NCCC1. The molecule has 25 heavy (non-hydrogen) atoms. The van der Waals surface area contributed by atoms with Gasteiger partial charge < -0.3 is 20.1 Å². The van der Waals surface area contributed by atoms with E-state index >= 15 is 0 Å². The van der Waals surface area contributed by atoms with Gasteiger partial charge in [0, 0.05) is 31.0 Å². The Labute approximate surface area is 153 Å². The Morgan fingerprint density at radius 2 is 2.08 bits per heavy atom. The van der Waals surface area contributed by atoms with E-state index in [-0.39, 0.29) is 0 Å². The van der Waals surface area contributed by atoms with Crippen molar-refractivity contribution in [3.05, 3.63) is 34.3 Å². The third-order valence-corrected chi connectivity index (χ3v) is 5.12. The fourth-order valence-corrected chi connectivity index (χ4v) is 3.48. The summed E-state index contributed by atoms with van der Waals surface area (Å²) in [5.74, 6) is 1.02. The fourth-order valence-electron chi connectivity index (χ4n) is 3.48. The van der Waals surface area contributed by atoms with Gasteiger partial charge in [0.25, 0.3) is 0 Å². The van der Waals surface area contributed by atoms with Crippen molar-refractivity contribution >= 4 is 0 Å². The van der Waals surface area contributed by atoms with Crippen molar-refractivity contribution in [2.75, 3.05) is 33.4 Å². The Bertz CT molecular complexity index is 510. The van der Waals surface area contributed by atoms with Crippen molar-refractivity contribution in [1.29, 1.82) is 0 Å². The van der Waals surface area contributed by atoms with Crippen LogP contribution in [0.1, 0.15) is 59.3 Å². The van der Waals surface area contributed by atoms with Crippen LogP contribution in [-0.4, -0.2) is 39.5 Å². The standard InChI is InChI=1S/C21H36N2O2/c1-16(2)18(8-5-6-13-25-19-10-12-22-15-19)14-21(24-4)20-9-7-11-23-17(20)3/h14,19,22-23H,5-13,15H2,1-4H3/b21-14+. The molecule has 0 aromatic heterocycles. The Morgan fingerprint density at radius 1 is 1.24 bits per heavy atom. The summed E-state index contributed by atoms with van der Waals surface area (Å²) in [7, 11) is 1.78. The van der Waals surface area contributed by atoms with Gasteiger partial charge in [-0.15, -0.1) is 0 Å². The van der Waals surface area contributed by atoms with E-state index in [4.69, 9.17) is 9.47 Å². The van der Waals surface area contributed by atoms with Crippen LogP contribution in [-0.2, 0) is 9.47 Å². The van der Waals surface area contributed by atoms with Crippen LogP contribution in [0.3, 0.4) is 0 Å². The minimum atomic E-state index is 0.427. The molecule has 0 radical (unpaired) electrons. The summed E-state index contributed by atoms with van der Waals surface area (Å²) in [6, 6.07) is 0. The van der Waals surface area contributed by atoms with Gasteiger partial charge in [0.2, 0.25) is 0 Å². The molecule has 142 valence electrons. The van der Waals surface area contributed by atoms with E-state index in [0.29, 0.717) is 6.10 Å². The van der Waals surface area contributed by atoms with E-state index in [1.54, 1.807) is 7.11 Å². The third-order valence-electron chi connectivity index (χ3n) is 5.12. The zero-order valence-electron chi connectivity index (χ0n) is 16.5. The van der Waals surface area contributed by atoms with Gasteiger partial charge in [0.05, 0.1) is 13.2 Å². The van der Waals surface area contributed by atoms with Crippen LogP contribution in [0, 0.1) is 0 Å². The number of hydrogen-bond donors (Lipinski definition) is 2. The third kappa shape index (κ3) is 6.52. The topological polar surface area (TPSA) is 42.5 Å². The highest BCUT2D eigenvalue weighted by atomic mass is 16.5. The van der Waals surface area contributed by atoms with Crippen LogP contribution in [0.4, 0.5) is 0 Å². The van der Waals surface area contributed by atoms with E-state index in [9.17, 15) is 0 Å². The molecular formula is C21H36N2O2. The summed E-state index contributed by atoms with van der Waals surface area (Å²) in [5.41, 5.74) is 5.35. The van der Waals surface area contributed by atoms with Crippen molar-refractivity contribution in [3.63, 3.8) is 0 Å². The molecule has 4 nitrogen and oxygen atoms in total. The van der Waals surface area contributed by atoms with Gasteiger partial charge >= 0.3 is 0 Å². The molecule has 2 aliphatic rings. The molecule has 0 spiro atoms. The van der Waals surface area contributed by atoms with Crippen LogP contribution in [0.25, 0.3) is 0 Å². The highest BCUT2D eigenvalue weighted by Crippen LogP contribution is 2.26. The van der Waals surface area contributed by atoms with Crippen LogP contribution < -0.4 is 10.6 Å². The first kappa shape index (κ1) is 20.1. The van der Waals surface area contributed by atoms with E-state index in [0.717, 1.165) is 64.1 Å². The van der Waals surface area contributed by atoms with E-state index in [1.807, 2.05) is 0 Å². The summed E-state index contributed by atoms with van der Waals surface area (Å²) >= 11 is 0. The quantitative estimate of drug-likeness (QED) is 0.375. The Kier molecular flexibility index (Phi) is 8.56. The molecule has 0 aliphatic carbocycles. The smallest absolute Gasteiger partial charge is 0.124 e. The minimum Gasteiger partial charge on any atom is -0.496 e. The number of nitrogens with one attached hydrogen (secondary N) is 2. The summed E-state index contributed by atoms with van der Waals surface area (Å²) in [5, 5.41) is 6.80. The molecule has 2 heterocycles. The molecule has 0 saturated carbocycles. The van der Waals surface area contributed by atoms with Gasteiger partial charge in [0.1, 0.15) is 5.76 Å². The molecule has 0 bridgehead atoms. The monoisotopic (exact) mass is 348 g/mol. The van der Waals surface area contributed by atoms with Gasteiger partial charge in [-0.2, -0.15) is 0 Å². The number of allylic oxidation sites excluding steroid dienone is 5. The second-order valence-electron chi connectivity index (χ2n) is 7.31. The molecule has 0 aromatic rings. The predicted octanol–water partition coefficient (Wildman–Crippen LogP) is 4.06. The number of methoxy groups -OCH3 is 1. The maximum absolute atomic E-state index is 5.92. The van der Waals surface area contributed by atoms with Crippen molar-refractivity contribution in [2.45, 2.75) is 65.4 Å². The molecule has 2 N–H and O–H groups in total. The Hall–Kier alpha value is -1.26. The minimum absolute atomic E-state index is 0.427. The zero-order valence-corrected chi connectivity index (χ0v) is 16.5. The van der Waals surface area contributed by atoms with Crippen molar-refractivity contribution in [2.24, 2.45) is 0 Å². The largest absolute Gasteiger partial charge is 0.496 e. The normalized spacial score (nSPS) is 21.3. The van der Waals surface area contributed by atoms with Crippen molar-refractivity contribution in [1.82, 2.24) is 10.6 Å². The summed E-state index contributed by atoms with van der Waals surface area (Å²) in [4.78, 5) is 0. The van der Waals surface area contributed by atoms with Gasteiger partial charge in [-0.05, 0) is 77.5 Å². The first-order chi connectivity index (χ1) is 12.1. The molecule has 1 atom stereocenters. The van der Waals surface area contributed by atoms with Crippen LogP contribution in [0.15, 0.2) is 34.3 Å². The second-order valence-corrected chi connectivity index (χ2v) is 7.31. The zero-order chi connectivity index (χ0) is 18.1. The predicted molar refractivity (Wildman–Crippen MR) is 104 cm³/mol. The van der Waals surface area contributed by atoms with E-state index in [2.05, 4.69) is 37.5 Å². The average Bonchev–Trinajstić information content (AvgIpc) is 3.11. The number of rotatable bonds is 9. The molecule has 0 amide bonds. The molecule has 1 fully saturated rings. The lowest BCUT2D eigenvalue weighted by Gasteiger charge is -2.21. The Balaban J connectivity index is 1.87. The maximum Gasteiger partial charge on any atom is 0.124 e. The van der Waals surface area contributed by atoms with Crippen LogP contribution >= 0.6 is 0 Å². The van der Waals surface area contributed by atoms with Gasteiger partial charge in [-0.25, -0.2) is 0 Å². The van der Waals surface area contributed by atoms with Crippen molar-refractivity contribution < 1.29 is 9.47 Å². The first-order valence-corrected chi connectivity index (χ1v) is 9.80. The summed E-state index contributed by atoms with van der Waals surface area (Å²) < 4.78 is 11.7.